The summed E-state index contributed by atoms with van der Waals surface area (Å²) in [6.45, 7) is -0.151. The van der Waals surface area contributed by atoms with Gasteiger partial charge >= 0.3 is 6.18 Å². The van der Waals surface area contributed by atoms with Crippen molar-refractivity contribution >= 4 is 11.9 Å². The van der Waals surface area contributed by atoms with E-state index >= 15 is 0 Å². The van der Waals surface area contributed by atoms with E-state index in [0.29, 0.717) is 11.8 Å². The van der Waals surface area contributed by atoms with Gasteiger partial charge in [-0.1, -0.05) is 18.2 Å². The molecule has 0 bridgehead atoms. The molecule has 0 aliphatic rings. The molecule has 10 heteroatoms. The number of guanidine groups is 1. The van der Waals surface area contributed by atoms with E-state index in [-0.39, 0.29) is 37.1 Å². The Balaban J connectivity index is 2.17. The lowest BCUT2D eigenvalue weighted by Gasteiger charge is -2.17. The maximum atomic E-state index is 13.3. The molecule has 0 unspecified atom stereocenters. The lowest BCUT2D eigenvalue weighted by atomic mass is 10.1. The molecule has 2 aromatic carbocycles. The van der Waals surface area contributed by atoms with Crippen molar-refractivity contribution in [1.29, 1.82) is 0 Å². The quantitative estimate of drug-likeness (QED) is 0.394. The first-order valence-electron chi connectivity index (χ1n) is 9.31. The van der Waals surface area contributed by atoms with Crippen LogP contribution in [0, 0.1) is 5.82 Å². The van der Waals surface area contributed by atoms with E-state index < -0.39 is 17.6 Å². The number of halogens is 4. The second-order valence-corrected chi connectivity index (χ2v) is 6.81. The van der Waals surface area contributed by atoms with Crippen LogP contribution in [0.4, 0.5) is 17.6 Å². The second kappa shape index (κ2) is 10.6. The largest absolute Gasteiger partial charge is 0.497 e. The fourth-order valence-electron chi connectivity index (χ4n) is 2.54. The van der Waals surface area contributed by atoms with Gasteiger partial charge in [0.25, 0.3) is 0 Å². The molecule has 0 saturated carbocycles. The van der Waals surface area contributed by atoms with Crippen LogP contribution in [0.25, 0.3) is 0 Å². The number of amides is 1. The predicted molar refractivity (Wildman–Crippen MR) is 109 cm³/mol. The number of carbonyl (C=O) groups excluding carboxylic acids is 1. The van der Waals surface area contributed by atoms with Gasteiger partial charge in [0.1, 0.15) is 11.6 Å². The first-order valence-corrected chi connectivity index (χ1v) is 9.31. The number of hydrogen-bond acceptors (Lipinski definition) is 3. The van der Waals surface area contributed by atoms with Crippen molar-refractivity contribution in [2.24, 2.45) is 4.99 Å². The number of carbonyl (C=O) groups is 1. The van der Waals surface area contributed by atoms with Crippen molar-refractivity contribution < 1.29 is 27.1 Å². The van der Waals surface area contributed by atoms with Crippen LogP contribution < -0.4 is 15.4 Å². The van der Waals surface area contributed by atoms with Gasteiger partial charge in [-0.15, -0.1) is 0 Å². The van der Waals surface area contributed by atoms with Gasteiger partial charge < -0.3 is 20.3 Å². The summed E-state index contributed by atoms with van der Waals surface area (Å²) in [4.78, 5) is 17.6. The SMILES string of the molecule is COc1ccc(CN=C(NCC(=O)N(C)C)NCc2ccc(F)cc2C(F)(F)F)cc1. The summed E-state index contributed by atoms with van der Waals surface area (Å²) in [7, 11) is 4.71. The highest BCUT2D eigenvalue weighted by atomic mass is 19.4. The molecule has 0 aromatic heterocycles. The number of benzene rings is 2. The highest BCUT2D eigenvalue weighted by Gasteiger charge is 2.33. The summed E-state index contributed by atoms with van der Waals surface area (Å²) in [5, 5.41) is 5.58. The van der Waals surface area contributed by atoms with Crippen molar-refractivity contribution in [2.75, 3.05) is 27.7 Å². The second-order valence-electron chi connectivity index (χ2n) is 6.81. The molecule has 2 rings (SSSR count). The topological polar surface area (TPSA) is 66.0 Å². The highest BCUT2D eigenvalue weighted by molar-refractivity contribution is 5.86. The molecule has 2 aromatic rings. The molecule has 2 N–H and O–H groups in total. The lowest BCUT2D eigenvalue weighted by Crippen LogP contribution is -2.42. The van der Waals surface area contributed by atoms with Crippen molar-refractivity contribution in [3.63, 3.8) is 0 Å². The van der Waals surface area contributed by atoms with Crippen LogP contribution in [0.1, 0.15) is 16.7 Å². The summed E-state index contributed by atoms with van der Waals surface area (Å²) >= 11 is 0. The maximum absolute atomic E-state index is 13.3. The molecule has 0 fully saturated rings. The summed E-state index contributed by atoms with van der Waals surface area (Å²) in [5.41, 5.74) is -0.385. The predicted octanol–water partition coefficient (Wildman–Crippen LogP) is 3.18. The Bertz CT molecular complexity index is 913. The van der Waals surface area contributed by atoms with E-state index in [1.165, 1.54) is 4.90 Å². The Morgan fingerprint density at radius 3 is 2.35 bits per heavy atom. The van der Waals surface area contributed by atoms with Gasteiger partial charge in [0, 0.05) is 20.6 Å². The summed E-state index contributed by atoms with van der Waals surface area (Å²) < 4.78 is 58.1. The summed E-state index contributed by atoms with van der Waals surface area (Å²) in [6.07, 6.45) is -4.70. The number of nitrogens with one attached hydrogen (secondary N) is 2. The van der Waals surface area contributed by atoms with Crippen LogP contribution >= 0.6 is 0 Å². The van der Waals surface area contributed by atoms with Gasteiger partial charge in [-0.25, -0.2) is 9.38 Å². The monoisotopic (exact) mass is 440 g/mol. The molecule has 6 nitrogen and oxygen atoms in total. The van der Waals surface area contributed by atoms with Gasteiger partial charge in [0.2, 0.25) is 5.91 Å². The normalized spacial score (nSPS) is 11.8. The lowest BCUT2D eigenvalue weighted by molar-refractivity contribution is -0.138. The number of methoxy groups -OCH3 is 1. The smallest absolute Gasteiger partial charge is 0.416 e. The number of nitrogens with zero attached hydrogens (tertiary/aromatic N) is 2. The van der Waals surface area contributed by atoms with Gasteiger partial charge in [-0.3, -0.25) is 4.79 Å². The summed E-state index contributed by atoms with van der Waals surface area (Å²) in [6, 6.07) is 9.60. The molecule has 168 valence electrons. The third-order valence-electron chi connectivity index (χ3n) is 4.31. The molecule has 0 radical (unpaired) electrons. The van der Waals surface area contributed by atoms with Gasteiger partial charge in [-0.05, 0) is 35.4 Å². The van der Waals surface area contributed by atoms with E-state index in [1.54, 1.807) is 45.5 Å². The Hall–Kier alpha value is -3.30. The molecular formula is C21H24F4N4O2. The number of aliphatic imine (C=N–C) groups is 1. The zero-order chi connectivity index (χ0) is 23.0. The fraction of sp³-hybridized carbons (Fsp3) is 0.333. The molecule has 0 aliphatic heterocycles. The number of likely N-dealkylation sites (N-methyl/N-ethyl adjacent to an activating group) is 1. The molecule has 0 saturated heterocycles. The van der Waals surface area contributed by atoms with Crippen LogP contribution in [-0.4, -0.2) is 44.5 Å². The highest BCUT2D eigenvalue weighted by Crippen LogP contribution is 2.32. The van der Waals surface area contributed by atoms with Gasteiger partial charge in [0.05, 0.1) is 25.8 Å². The van der Waals surface area contributed by atoms with E-state index in [4.69, 9.17) is 4.74 Å². The van der Waals surface area contributed by atoms with Crippen molar-refractivity contribution in [3.05, 3.63) is 65.0 Å². The number of rotatable bonds is 7. The fourth-order valence-corrected chi connectivity index (χ4v) is 2.54. The standard InChI is InChI=1S/C21H24F4N4O2/c1-29(2)19(30)13-28-20(26-11-14-4-8-17(31-3)9-5-14)27-12-15-6-7-16(22)10-18(15)21(23,24)25/h4-10H,11-13H2,1-3H3,(H2,26,27,28). The van der Waals surface area contributed by atoms with Crippen LogP contribution in [0.3, 0.4) is 0 Å². The van der Waals surface area contributed by atoms with E-state index in [2.05, 4.69) is 15.6 Å². The number of alkyl halides is 3. The van der Waals surface area contributed by atoms with Crippen LogP contribution in [0.15, 0.2) is 47.5 Å². The third kappa shape index (κ3) is 7.47. The average molecular weight is 440 g/mol. The third-order valence-corrected chi connectivity index (χ3v) is 4.31. The molecular weight excluding hydrogens is 416 g/mol. The van der Waals surface area contributed by atoms with Crippen molar-refractivity contribution in [2.45, 2.75) is 19.3 Å². The minimum Gasteiger partial charge on any atom is -0.497 e. The Labute approximate surface area is 177 Å². The van der Waals surface area contributed by atoms with Crippen LogP contribution in [0.2, 0.25) is 0 Å². The Kier molecular flexibility index (Phi) is 8.23. The zero-order valence-electron chi connectivity index (χ0n) is 17.4. The maximum Gasteiger partial charge on any atom is 0.416 e. The van der Waals surface area contributed by atoms with Crippen molar-refractivity contribution in [3.8, 4) is 5.75 Å². The molecule has 0 heterocycles. The number of hydrogen-bond donors (Lipinski definition) is 2. The van der Waals surface area contributed by atoms with E-state index in [1.807, 2.05) is 0 Å². The van der Waals surface area contributed by atoms with Gasteiger partial charge in [0.15, 0.2) is 5.96 Å². The number of ether oxygens (including phenoxy) is 1. The molecule has 0 aliphatic carbocycles. The summed E-state index contributed by atoms with van der Waals surface area (Å²) in [5.74, 6) is -0.392. The Morgan fingerprint density at radius 1 is 1.10 bits per heavy atom. The minimum atomic E-state index is -4.70. The average Bonchev–Trinajstić information content (AvgIpc) is 2.73. The molecule has 31 heavy (non-hydrogen) atoms. The zero-order valence-corrected chi connectivity index (χ0v) is 17.4. The minimum absolute atomic E-state index is 0.100. The van der Waals surface area contributed by atoms with E-state index in [9.17, 15) is 22.4 Å². The Morgan fingerprint density at radius 2 is 1.77 bits per heavy atom. The molecule has 1 amide bonds. The van der Waals surface area contributed by atoms with Crippen LogP contribution in [0.5, 0.6) is 5.75 Å². The first kappa shape index (κ1) is 24.0. The van der Waals surface area contributed by atoms with Gasteiger partial charge in [-0.2, -0.15) is 13.2 Å². The molecule has 0 atom stereocenters. The molecule has 0 spiro atoms. The van der Waals surface area contributed by atoms with Crippen LogP contribution in [-0.2, 0) is 24.1 Å². The van der Waals surface area contributed by atoms with E-state index in [0.717, 1.165) is 17.7 Å². The van der Waals surface area contributed by atoms with Crippen molar-refractivity contribution in [1.82, 2.24) is 15.5 Å². The first-order chi connectivity index (χ1) is 14.6.